The third-order valence-corrected chi connectivity index (χ3v) is 3.79. The van der Waals surface area contributed by atoms with Crippen molar-refractivity contribution in [2.24, 2.45) is 5.92 Å². The Morgan fingerprint density at radius 2 is 2.23 bits per heavy atom. The fourth-order valence-corrected chi connectivity index (χ4v) is 2.62. The Balaban J connectivity index is 1.94. The summed E-state index contributed by atoms with van der Waals surface area (Å²) in [6.07, 6.45) is 0.960. The van der Waals surface area contributed by atoms with Gasteiger partial charge in [0.05, 0.1) is 12.5 Å². The van der Waals surface area contributed by atoms with Crippen molar-refractivity contribution in [1.29, 1.82) is 0 Å². The first-order valence-corrected chi connectivity index (χ1v) is 7.51. The number of hydrogen-bond acceptors (Lipinski definition) is 4. The monoisotopic (exact) mass is 306 g/mol. The van der Waals surface area contributed by atoms with Gasteiger partial charge in [-0.15, -0.1) is 0 Å². The van der Waals surface area contributed by atoms with Crippen molar-refractivity contribution in [2.75, 3.05) is 6.54 Å². The van der Waals surface area contributed by atoms with Gasteiger partial charge >= 0.3 is 0 Å². The number of H-pyrrole nitrogens is 1. The highest BCUT2D eigenvalue weighted by Crippen LogP contribution is 2.19. The molecule has 1 fully saturated rings. The molecule has 22 heavy (non-hydrogen) atoms. The van der Waals surface area contributed by atoms with E-state index in [0.29, 0.717) is 30.9 Å². The first kappa shape index (κ1) is 16.2. The molecule has 1 aromatic rings. The van der Waals surface area contributed by atoms with Crippen molar-refractivity contribution >= 4 is 11.8 Å². The van der Waals surface area contributed by atoms with Crippen LogP contribution in [-0.4, -0.2) is 39.3 Å². The molecule has 0 saturated carbocycles. The number of aromatic amines is 1. The first-order valence-electron chi connectivity index (χ1n) is 7.51. The molecule has 0 bridgehead atoms. The number of carbonyl (C=O) groups is 2. The van der Waals surface area contributed by atoms with Gasteiger partial charge in [-0.05, 0) is 27.2 Å². The molecule has 7 nitrogen and oxygen atoms in total. The molecular formula is C15H22N4O3. The van der Waals surface area contributed by atoms with Gasteiger partial charge in [-0.1, -0.05) is 0 Å². The summed E-state index contributed by atoms with van der Waals surface area (Å²) in [5.41, 5.74) is 0.383. The zero-order chi connectivity index (χ0) is 16.3. The van der Waals surface area contributed by atoms with Crippen LogP contribution in [-0.2, 0) is 16.1 Å². The number of hydrogen-bond donors (Lipinski definition) is 2. The molecule has 0 aromatic carbocycles. The number of nitrogens with one attached hydrogen (secondary N) is 2. The third kappa shape index (κ3) is 3.93. The molecule has 7 heteroatoms. The van der Waals surface area contributed by atoms with Gasteiger partial charge in [0.25, 0.3) is 5.56 Å². The van der Waals surface area contributed by atoms with Crippen LogP contribution in [0, 0.1) is 12.8 Å². The van der Waals surface area contributed by atoms with Crippen molar-refractivity contribution in [1.82, 2.24) is 20.2 Å². The molecule has 0 aliphatic carbocycles. The lowest BCUT2D eigenvalue weighted by atomic mass is 9.95. The van der Waals surface area contributed by atoms with Crippen LogP contribution >= 0.6 is 0 Å². The molecule has 1 saturated heterocycles. The summed E-state index contributed by atoms with van der Waals surface area (Å²) in [6, 6.07) is 1.50. The van der Waals surface area contributed by atoms with Crippen LogP contribution in [0.25, 0.3) is 0 Å². The van der Waals surface area contributed by atoms with Gasteiger partial charge in [0.1, 0.15) is 5.82 Å². The standard InChI is InChI=1S/C15H22N4O3/c1-9(2)19-8-11(4-5-14(19)21)15(22)16-7-12-17-10(3)6-13(20)18-12/h6,9,11H,4-5,7-8H2,1-3H3,(H,16,22)(H,17,18,20). The Morgan fingerprint density at radius 1 is 1.50 bits per heavy atom. The summed E-state index contributed by atoms with van der Waals surface area (Å²) in [6.45, 7) is 6.25. The number of piperidine rings is 1. The molecular weight excluding hydrogens is 284 g/mol. The molecule has 2 amide bonds. The van der Waals surface area contributed by atoms with E-state index < -0.39 is 0 Å². The average Bonchev–Trinajstić information content (AvgIpc) is 2.44. The van der Waals surface area contributed by atoms with Crippen LogP contribution in [0.4, 0.5) is 0 Å². The third-order valence-electron chi connectivity index (χ3n) is 3.79. The van der Waals surface area contributed by atoms with Crippen molar-refractivity contribution in [3.05, 3.63) is 27.9 Å². The second-order valence-electron chi connectivity index (χ2n) is 5.93. The molecule has 120 valence electrons. The number of amides is 2. The molecule has 1 aliphatic heterocycles. The number of aromatic nitrogens is 2. The molecule has 1 atom stereocenters. The highest BCUT2D eigenvalue weighted by molar-refractivity contribution is 5.83. The van der Waals surface area contributed by atoms with E-state index in [-0.39, 0.29) is 35.9 Å². The van der Waals surface area contributed by atoms with Crippen LogP contribution in [0.2, 0.25) is 0 Å². The van der Waals surface area contributed by atoms with Crippen molar-refractivity contribution in [2.45, 2.75) is 46.2 Å². The molecule has 2 rings (SSSR count). The minimum atomic E-state index is -0.231. The average molecular weight is 306 g/mol. The largest absolute Gasteiger partial charge is 0.349 e. The molecule has 0 radical (unpaired) electrons. The number of likely N-dealkylation sites (tertiary alicyclic amines) is 1. The molecule has 1 aromatic heterocycles. The number of rotatable bonds is 4. The van der Waals surface area contributed by atoms with Crippen LogP contribution < -0.4 is 10.9 Å². The summed E-state index contributed by atoms with van der Waals surface area (Å²) < 4.78 is 0. The highest BCUT2D eigenvalue weighted by atomic mass is 16.2. The smallest absolute Gasteiger partial charge is 0.251 e. The molecule has 2 N–H and O–H groups in total. The SMILES string of the molecule is Cc1cc(=O)[nH]c(CNC(=O)C2CCC(=O)N(C(C)C)C2)n1. The summed E-state index contributed by atoms with van der Waals surface area (Å²) in [5.74, 6) is 0.216. The highest BCUT2D eigenvalue weighted by Gasteiger charge is 2.31. The van der Waals surface area contributed by atoms with Gasteiger partial charge in [-0.3, -0.25) is 14.4 Å². The van der Waals surface area contributed by atoms with E-state index in [1.807, 2.05) is 13.8 Å². The maximum atomic E-state index is 12.2. The molecule has 2 heterocycles. The zero-order valence-corrected chi connectivity index (χ0v) is 13.2. The summed E-state index contributed by atoms with van der Waals surface area (Å²) in [5, 5.41) is 2.79. The Bertz CT molecular complexity index is 623. The molecule has 1 aliphatic rings. The maximum absolute atomic E-state index is 12.2. The topological polar surface area (TPSA) is 95.2 Å². The van der Waals surface area contributed by atoms with Crippen LogP contribution in [0.1, 0.15) is 38.2 Å². The van der Waals surface area contributed by atoms with Gasteiger partial charge in [0, 0.05) is 30.8 Å². The van der Waals surface area contributed by atoms with E-state index in [1.165, 1.54) is 6.07 Å². The van der Waals surface area contributed by atoms with Crippen molar-refractivity contribution in [3.8, 4) is 0 Å². The van der Waals surface area contributed by atoms with E-state index in [9.17, 15) is 14.4 Å². The minimum absolute atomic E-state index is 0.0953. The van der Waals surface area contributed by atoms with E-state index in [2.05, 4.69) is 15.3 Å². The lowest BCUT2D eigenvalue weighted by Crippen LogP contribution is -2.48. The van der Waals surface area contributed by atoms with Crippen molar-refractivity contribution in [3.63, 3.8) is 0 Å². The van der Waals surface area contributed by atoms with Crippen molar-refractivity contribution < 1.29 is 9.59 Å². The molecule has 0 spiro atoms. The normalized spacial score (nSPS) is 18.6. The van der Waals surface area contributed by atoms with E-state index in [4.69, 9.17) is 0 Å². The second kappa shape index (κ2) is 6.72. The first-order chi connectivity index (χ1) is 10.4. The van der Waals surface area contributed by atoms with Gasteiger partial charge < -0.3 is 15.2 Å². The van der Waals surface area contributed by atoms with Crippen LogP contribution in [0.5, 0.6) is 0 Å². The van der Waals surface area contributed by atoms with E-state index >= 15 is 0 Å². The number of nitrogens with zero attached hydrogens (tertiary/aromatic N) is 2. The van der Waals surface area contributed by atoms with Gasteiger partial charge in [0.2, 0.25) is 11.8 Å². The van der Waals surface area contributed by atoms with Gasteiger partial charge in [0.15, 0.2) is 0 Å². The minimum Gasteiger partial charge on any atom is -0.349 e. The lowest BCUT2D eigenvalue weighted by Gasteiger charge is -2.34. The zero-order valence-electron chi connectivity index (χ0n) is 13.2. The number of aryl methyl sites for hydroxylation is 1. The Morgan fingerprint density at radius 3 is 2.86 bits per heavy atom. The predicted octanol–water partition coefficient (Wildman–Crippen LogP) is 0.342. The quantitative estimate of drug-likeness (QED) is 0.838. The lowest BCUT2D eigenvalue weighted by molar-refractivity contribution is -0.140. The fraction of sp³-hybridized carbons (Fsp3) is 0.600. The fourth-order valence-electron chi connectivity index (χ4n) is 2.62. The van der Waals surface area contributed by atoms with E-state index in [0.717, 1.165) is 0 Å². The van der Waals surface area contributed by atoms with Crippen LogP contribution in [0.15, 0.2) is 10.9 Å². The Hall–Kier alpha value is -2.18. The Labute approximate surface area is 129 Å². The summed E-state index contributed by atoms with van der Waals surface area (Å²) >= 11 is 0. The second-order valence-corrected chi connectivity index (χ2v) is 5.93. The summed E-state index contributed by atoms with van der Waals surface area (Å²) in [4.78, 5) is 43.9. The van der Waals surface area contributed by atoms with E-state index in [1.54, 1.807) is 11.8 Å². The predicted molar refractivity (Wildman–Crippen MR) is 81.0 cm³/mol. The molecule has 1 unspecified atom stereocenters. The maximum Gasteiger partial charge on any atom is 0.251 e. The van der Waals surface area contributed by atoms with Gasteiger partial charge in [-0.2, -0.15) is 0 Å². The summed E-state index contributed by atoms with van der Waals surface area (Å²) in [7, 11) is 0. The number of carbonyl (C=O) groups excluding carboxylic acids is 2. The Kier molecular flexibility index (Phi) is 4.95. The van der Waals surface area contributed by atoms with Gasteiger partial charge in [-0.25, -0.2) is 4.98 Å². The van der Waals surface area contributed by atoms with Crippen LogP contribution in [0.3, 0.4) is 0 Å².